The van der Waals surface area contributed by atoms with Crippen molar-refractivity contribution in [3.63, 3.8) is 0 Å². The molecular weight excluding hydrogens is 532 g/mol. The zero-order valence-corrected chi connectivity index (χ0v) is 22.2. The van der Waals surface area contributed by atoms with E-state index in [1.165, 1.54) is 18.1 Å². The van der Waals surface area contributed by atoms with E-state index in [1.807, 2.05) is 58.4 Å². The Morgan fingerprint density at radius 1 is 1.10 bits per heavy atom. The Labute approximate surface area is 231 Å². The summed E-state index contributed by atoms with van der Waals surface area (Å²) in [5.41, 5.74) is 3.57. The smallest absolute Gasteiger partial charge is 0.286 e. The lowest BCUT2D eigenvalue weighted by molar-refractivity contribution is -0.113. The number of para-hydroxylation sites is 1. The molecule has 12 heteroatoms. The molecule has 6 heterocycles. The maximum absolute atomic E-state index is 12.9. The molecule has 0 spiro atoms. The van der Waals surface area contributed by atoms with Gasteiger partial charge in [-0.3, -0.25) is 4.79 Å². The fourth-order valence-electron chi connectivity index (χ4n) is 4.71. The highest BCUT2D eigenvalue weighted by atomic mass is 32.2. The van der Waals surface area contributed by atoms with Crippen molar-refractivity contribution in [2.45, 2.75) is 19.4 Å². The summed E-state index contributed by atoms with van der Waals surface area (Å²) in [6.07, 6.45) is 7.05. The van der Waals surface area contributed by atoms with Crippen LogP contribution in [0.2, 0.25) is 0 Å². The van der Waals surface area contributed by atoms with Gasteiger partial charge >= 0.3 is 0 Å². The summed E-state index contributed by atoms with van der Waals surface area (Å²) >= 11 is 2.92. The quantitative estimate of drug-likeness (QED) is 0.275. The standard InChI is InChI=1S/C27H20N8O2S2/c1-17-24(26(33-16-28-15-29-33)34(31-17)18-7-3-2-4-8-18)21-14-20(22-10-6-12-38-22)32-35(21)27-30-25(36)23(39-27)13-19-9-5-11-37-19/h2-13,15-16,21H,14H2,1H3/b23-13-. The summed E-state index contributed by atoms with van der Waals surface area (Å²) < 4.78 is 9.01. The average molecular weight is 553 g/mol. The highest BCUT2D eigenvalue weighted by Gasteiger charge is 2.40. The van der Waals surface area contributed by atoms with Crippen molar-refractivity contribution in [3.05, 3.63) is 106 Å². The minimum atomic E-state index is -0.321. The fourth-order valence-corrected chi connectivity index (χ4v) is 6.32. The second kappa shape index (κ2) is 9.64. The molecule has 1 unspecified atom stereocenters. The molecular formula is C27H20N8O2S2. The summed E-state index contributed by atoms with van der Waals surface area (Å²) in [6, 6.07) is 17.3. The number of benzene rings is 1. The van der Waals surface area contributed by atoms with Gasteiger partial charge in [0.25, 0.3) is 5.91 Å². The predicted molar refractivity (Wildman–Crippen MR) is 150 cm³/mol. The number of thiophene rings is 1. The molecule has 5 aromatic rings. The minimum Gasteiger partial charge on any atom is -0.465 e. The SMILES string of the molecule is Cc1nn(-c2ccccc2)c(-n2cncn2)c1C1CC(c2cccs2)=NN1C1=NC(=O)/C(=C/c2ccco2)S1. The Morgan fingerprint density at radius 2 is 2.00 bits per heavy atom. The molecule has 10 nitrogen and oxygen atoms in total. The van der Waals surface area contributed by atoms with Gasteiger partial charge in [0.2, 0.25) is 0 Å². The van der Waals surface area contributed by atoms with Gasteiger partial charge in [-0.15, -0.1) is 11.3 Å². The Balaban J connectivity index is 1.35. The molecule has 0 N–H and O–H groups in total. The average Bonchev–Trinajstić information content (AvgIpc) is 3.78. The highest BCUT2D eigenvalue weighted by Crippen LogP contribution is 2.43. The number of nitrogens with zero attached hydrogens (tertiary/aromatic N) is 8. The third kappa shape index (κ3) is 4.23. The Hall–Kier alpha value is -4.55. The van der Waals surface area contributed by atoms with Gasteiger partial charge < -0.3 is 4.42 Å². The largest absolute Gasteiger partial charge is 0.465 e. The maximum Gasteiger partial charge on any atom is 0.286 e. The first kappa shape index (κ1) is 23.6. The molecule has 2 aliphatic rings. The molecule has 1 amide bonds. The van der Waals surface area contributed by atoms with Crippen LogP contribution in [0, 0.1) is 6.92 Å². The maximum atomic E-state index is 12.9. The number of amides is 1. The number of carbonyl (C=O) groups excluding carboxylic acids is 1. The van der Waals surface area contributed by atoms with Gasteiger partial charge in [-0.25, -0.2) is 19.4 Å². The van der Waals surface area contributed by atoms with Crippen molar-refractivity contribution in [2.75, 3.05) is 0 Å². The predicted octanol–water partition coefficient (Wildman–Crippen LogP) is 5.24. The van der Waals surface area contributed by atoms with Crippen LogP contribution < -0.4 is 0 Å². The van der Waals surface area contributed by atoms with Crippen LogP contribution >= 0.6 is 23.1 Å². The monoisotopic (exact) mass is 552 g/mol. The third-order valence-electron chi connectivity index (χ3n) is 6.39. The highest BCUT2D eigenvalue weighted by molar-refractivity contribution is 8.18. The van der Waals surface area contributed by atoms with Crippen molar-refractivity contribution in [1.29, 1.82) is 0 Å². The van der Waals surface area contributed by atoms with Crippen LogP contribution in [0.15, 0.2) is 98.3 Å². The second-order valence-corrected chi connectivity index (χ2v) is 10.8. The first-order valence-electron chi connectivity index (χ1n) is 12.1. The van der Waals surface area contributed by atoms with E-state index in [0.717, 1.165) is 33.4 Å². The van der Waals surface area contributed by atoms with E-state index in [2.05, 4.69) is 21.1 Å². The number of hydrogen-bond donors (Lipinski definition) is 0. The number of rotatable bonds is 5. The van der Waals surface area contributed by atoms with E-state index < -0.39 is 0 Å². The van der Waals surface area contributed by atoms with Crippen molar-refractivity contribution in [3.8, 4) is 11.5 Å². The van der Waals surface area contributed by atoms with Gasteiger partial charge in [0, 0.05) is 18.1 Å². The number of carbonyl (C=O) groups is 1. The summed E-state index contributed by atoms with van der Waals surface area (Å²) in [4.78, 5) is 23.0. The second-order valence-electron chi connectivity index (χ2n) is 8.82. The molecule has 0 radical (unpaired) electrons. The third-order valence-corrected chi connectivity index (χ3v) is 8.28. The van der Waals surface area contributed by atoms with E-state index in [4.69, 9.17) is 14.6 Å². The first-order valence-corrected chi connectivity index (χ1v) is 13.8. The number of hydrogen-bond acceptors (Lipinski definition) is 9. The normalized spacial score (nSPS) is 18.3. The zero-order chi connectivity index (χ0) is 26.3. The Morgan fingerprint density at radius 3 is 2.74 bits per heavy atom. The Bertz CT molecular complexity index is 1730. The van der Waals surface area contributed by atoms with Crippen LogP contribution in [0.1, 0.15) is 34.4 Å². The molecule has 2 aliphatic heterocycles. The fraction of sp³-hybridized carbons (Fsp3) is 0.111. The number of aliphatic imine (C=N–C) groups is 1. The molecule has 0 saturated carbocycles. The lowest BCUT2D eigenvalue weighted by Crippen LogP contribution is -2.25. The summed E-state index contributed by atoms with van der Waals surface area (Å²) in [5.74, 6) is 1.03. The number of amidine groups is 1. The molecule has 0 bridgehead atoms. The van der Waals surface area contributed by atoms with E-state index in [-0.39, 0.29) is 11.9 Å². The topological polar surface area (TPSA) is 107 Å². The van der Waals surface area contributed by atoms with Gasteiger partial charge in [0.05, 0.1) is 39.2 Å². The number of aryl methyl sites for hydroxylation is 1. The summed E-state index contributed by atoms with van der Waals surface area (Å²) in [6.45, 7) is 1.98. The van der Waals surface area contributed by atoms with Crippen LogP contribution in [0.5, 0.6) is 0 Å². The molecule has 4 aromatic heterocycles. The molecule has 0 aliphatic carbocycles. The van der Waals surface area contributed by atoms with Crippen LogP contribution in [0.3, 0.4) is 0 Å². The molecule has 7 rings (SSSR count). The van der Waals surface area contributed by atoms with Gasteiger partial charge in [-0.05, 0) is 54.4 Å². The van der Waals surface area contributed by atoms with Gasteiger partial charge in [-0.2, -0.15) is 20.3 Å². The summed E-state index contributed by atoms with van der Waals surface area (Å²) in [7, 11) is 0. The Kier molecular flexibility index (Phi) is 5.82. The number of hydrazone groups is 1. The van der Waals surface area contributed by atoms with E-state index in [0.29, 0.717) is 22.3 Å². The van der Waals surface area contributed by atoms with E-state index >= 15 is 0 Å². The van der Waals surface area contributed by atoms with Crippen LogP contribution in [0.4, 0.5) is 0 Å². The van der Waals surface area contributed by atoms with Gasteiger partial charge in [0.15, 0.2) is 11.0 Å². The lowest BCUT2D eigenvalue weighted by atomic mass is 10.0. The number of thioether (sulfide) groups is 1. The zero-order valence-electron chi connectivity index (χ0n) is 20.6. The summed E-state index contributed by atoms with van der Waals surface area (Å²) in [5, 5.41) is 18.8. The van der Waals surface area contributed by atoms with Gasteiger partial charge in [-0.1, -0.05) is 24.3 Å². The molecule has 0 fully saturated rings. The number of furan rings is 1. The van der Waals surface area contributed by atoms with Crippen molar-refractivity contribution < 1.29 is 9.21 Å². The van der Waals surface area contributed by atoms with E-state index in [9.17, 15) is 4.79 Å². The first-order chi connectivity index (χ1) is 19.2. The van der Waals surface area contributed by atoms with Crippen LogP contribution in [-0.2, 0) is 4.79 Å². The molecule has 1 aromatic carbocycles. The van der Waals surface area contributed by atoms with Crippen molar-refractivity contribution >= 4 is 46.0 Å². The van der Waals surface area contributed by atoms with E-state index in [1.54, 1.807) is 46.8 Å². The van der Waals surface area contributed by atoms with Crippen LogP contribution in [-0.4, -0.2) is 46.3 Å². The lowest BCUT2D eigenvalue weighted by Gasteiger charge is -2.23. The van der Waals surface area contributed by atoms with Crippen molar-refractivity contribution in [1.82, 2.24) is 29.6 Å². The molecule has 1 atom stereocenters. The van der Waals surface area contributed by atoms with Crippen LogP contribution in [0.25, 0.3) is 17.6 Å². The number of aromatic nitrogens is 5. The molecule has 0 saturated heterocycles. The van der Waals surface area contributed by atoms with Crippen molar-refractivity contribution in [2.24, 2.45) is 10.1 Å². The molecule has 192 valence electrons. The minimum absolute atomic E-state index is 0.277. The van der Waals surface area contributed by atoms with Gasteiger partial charge in [0.1, 0.15) is 18.4 Å². The molecule has 39 heavy (non-hydrogen) atoms.